The van der Waals surface area contributed by atoms with Crippen LogP contribution >= 0.6 is 0 Å². The van der Waals surface area contributed by atoms with Crippen molar-refractivity contribution in [3.05, 3.63) is 145 Å². The number of furan rings is 1. The highest BCUT2D eigenvalue weighted by Crippen LogP contribution is 2.47. The van der Waals surface area contributed by atoms with Gasteiger partial charge in [-0.25, -0.2) is 0 Å². The van der Waals surface area contributed by atoms with Crippen LogP contribution < -0.4 is 0 Å². The summed E-state index contributed by atoms with van der Waals surface area (Å²) < 4.78 is 49.8. The van der Waals surface area contributed by atoms with E-state index in [1.54, 1.807) is 48.5 Å². The van der Waals surface area contributed by atoms with Crippen LogP contribution in [0.1, 0.15) is 11.1 Å². The molecule has 1 nitrogen and oxygen atoms in total. The summed E-state index contributed by atoms with van der Waals surface area (Å²) in [5, 5.41) is 8.25. The van der Waals surface area contributed by atoms with Gasteiger partial charge in [-0.05, 0) is 102 Å². The Labute approximate surface area is 262 Å². The van der Waals surface area contributed by atoms with Crippen molar-refractivity contribution in [3.8, 4) is 22.3 Å². The van der Waals surface area contributed by atoms with Crippen LogP contribution in [0.5, 0.6) is 0 Å². The predicted octanol–water partition coefficient (Wildman–Crippen LogP) is 12.9. The molecule has 0 unspecified atom stereocenters. The van der Waals surface area contributed by atoms with E-state index < -0.39 is 11.7 Å². The minimum atomic E-state index is -4.49. The number of aryl methyl sites for hydroxylation is 1. The third-order valence-electron chi connectivity index (χ3n) is 9.46. The van der Waals surface area contributed by atoms with Crippen molar-refractivity contribution in [1.29, 1.82) is 0 Å². The van der Waals surface area contributed by atoms with Crippen LogP contribution in [0.4, 0.5) is 13.2 Å². The molecule has 0 fully saturated rings. The van der Waals surface area contributed by atoms with E-state index in [4.69, 9.17) is 4.42 Å². The van der Waals surface area contributed by atoms with Crippen LogP contribution in [0.15, 0.2) is 138 Å². The predicted molar refractivity (Wildman–Crippen MR) is 184 cm³/mol. The minimum absolute atomic E-state index is 0.197. The highest BCUT2D eigenvalue weighted by molar-refractivity contribution is 6.18. The quantitative estimate of drug-likeness (QED) is 0.179. The molecule has 0 aliphatic carbocycles. The molecular formula is C42H25F3O. The number of halogens is 3. The lowest BCUT2D eigenvalue weighted by molar-refractivity contribution is -0.135. The first kappa shape index (κ1) is 26.8. The molecule has 0 aliphatic heterocycles. The van der Waals surface area contributed by atoms with E-state index in [9.17, 15) is 13.2 Å². The summed E-state index contributed by atoms with van der Waals surface area (Å²) in [4.78, 5) is 0. The molecule has 9 rings (SSSR count). The van der Waals surface area contributed by atoms with Gasteiger partial charge in [-0.15, -0.1) is 0 Å². The van der Waals surface area contributed by atoms with Crippen molar-refractivity contribution < 1.29 is 17.6 Å². The average molecular weight is 603 g/mol. The smallest absolute Gasteiger partial charge is 0.417 e. The summed E-state index contributed by atoms with van der Waals surface area (Å²) in [6.07, 6.45) is -4.49. The number of alkyl halides is 3. The van der Waals surface area contributed by atoms with Crippen LogP contribution in [0.2, 0.25) is 0 Å². The van der Waals surface area contributed by atoms with Crippen molar-refractivity contribution in [2.45, 2.75) is 13.1 Å². The van der Waals surface area contributed by atoms with Crippen molar-refractivity contribution in [1.82, 2.24) is 0 Å². The lowest BCUT2D eigenvalue weighted by Crippen LogP contribution is -2.07. The van der Waals surface area contributed by atoms with E-state index in [2.05, 4.69) is 79.7 Å². The van der Waals surface area contributed by atoms with E-state index in [1.165, 1.54) is 32.7 Å². The largest absolute Gasteiger partial charge is 0.456 e. The molecule has 0 radical (unpaired) electrons. The monoisotopic (exact) mass is 602 g/mol. The molecule has 9 aromatic rings. The van der Waals surface area contributed by atoms with Crippen molar-refractivity contribution in [2.24, 2.45) is 0 Å². The Bertz CT molecular complexity index is 2580. The average Bonchev–Trinajstić information content (AvgIpc) is 3.44. The van der Waals surface area contributed by atoms with Gasteiger partial charge in [0.25, 0.3) is 0 Å². The first-order valence-corrected chi connectivity index (χ1v) is 15.3. The van der Waals surface area contributed by atoms with Gasteiger partial charge in [0.15, 0.2) is 0 Å². The van der Waals surface area contributed by atoms with Crippen LogP contribution in [-0.2, 0) is 6.18 Å². The van der Waals surface area contributed by atoms with Crippen LogP contribution in [0, 0.1) is 6.92 Å². The standard InChI is InChI=1S/C42H25F3O/c1-24-27-10-2-4-12-30(27)40(31-13-5-3-11-28(24)31)26-18-20-29-36-22-25(19-21-37(36)46-38(29)23-26)39-32-14-6-8-16-34(32)41(42(43,44)45)35-17-9-7-15-33(35)39/h2-23H,1H3. The van der Waals surface area contributed by atoms with E-state index in [-0.39, 0.29) is 10.8 Å². The Morgan fingerprint density at radius 1 is 0.413 bits per heavy atom. The van der Waals surface area contributed by atoms with Crippen molar-refractivity contribution >= 4 is 65.0 Å². The molecule has 1 heterocycles. The fourth-order valence-corrected chi connectivity index (χ4v) is 7.49. The fourth-order valence-electron chi connectivity index (χ4n) is 7.49. The van der Waals surface area contributed by atoms with Gasteiger partial charge in [0.05, 0.1) is 5.56 Å². The van der Waals surface area contributed by atoms with E-state index in [1.807, 2.05) is 12.1 Å². The van der Waals surface area contributed by atoms with Gasteiger partial charge >= 0.3 is 6.18 Å². The summed E-state index contributed by atoms with van der Waals surface area (Å²) in [7, 11) is 0. The SMILES string of the molecule is Cc1c2ccccc2c(-c2ccc3c(c2)oc2ccc(-c4c5ccccc5c(C(F)(F)F)c5ccccc45)cc23)c2ccccc12. The molecule has 0 bridgehead atoms. The third kappa shape index (κ3) is 3.83. The lowest BCUT2D eigenvalue weighted by Gasteiger charge is -2.18. The number of fused-ring (bicyclic) bond motifs is 7. The maximum Gasteiger partial charge on any atom is 0.417 e. The van der Waals surface area contributed by atoms with Gasteiger partial charge in [0.2, 0.25) is 0 Å². The number of hydrogen-bond acceptors (Lipinski definition) is 1. The van der Waals surface area contributed by atoms with E-state index in [0.29, 0.717) is 10.8 Å². The molecule has 0 amide bonds. The Hall–Kier alpha value is -5.61. The lowest BCUT2D eigenvalue weighted by atomic mass is 9.87. The second-order valence-corrected chi connectivity index (χ2v) is 12.0. The second kappa shape index (κ2) is 9.69. The second-order valence-electron chi connectivity index (χ2n) is 12.0. The third-order valence-corrected chi connectivity index (χ3v) is 9.46. The molecule has 8 aromatic carbocycles. The zero-order valence-corrected chi connectivity index (χ0v) is 24.7. The van der Waals surface area contributed by atoms with Gasteiger partial charge < -0.3 is 4.42 Å². The molecule has 0 aliphatic rings. The molecule has 0 N–H and O–H groups in total. The van der Waals surface area contributed by atoms with Gasteiger partial charge in [-0.1, -0.05) is 109 Å². The molecule has 1 aromatic heterocycles. The van der Waals surface area contributed by atoms with E-state index >= 15 is 0 Å². The van der Waals surface area contributed by atoms with Gasteiger partial charge in [-0.3, -0.25) is 0 Å². The van der Waals surface area contributed by atoms with Crippen LogP contribution in [0.25, 0.3) is 87.3 Å². The Kier molecular flexibility index (Phi) is 5.64. The number of benzene rings is 8. The number of hydrogen-bond donors (Lipinski definition) is 0. The summed E-state index contributed by atoms with van der Waals surface area (Å²) >= 11 is 0. The first-order chi connectivity index (χ1) is 22.4. The highest BCUT2D eigenvalue weighted by Gasteiger charge is 2.35. The topological polar surface area (TPSA) is 13.1 Å². The molecule has 0 saturated carbocycles. The Morgan fingerprint density at radius 3 is 1.37 bits per heavy atom. The van der Waals surface area contributed by atoms with Crippen LogP contribution in [0.3, 0.4) is 0 Å². The summed E-state index contributed by atoms with van der Waals surface area (Å²) in [6, 6.07) is 43.0. The zero-order chi connectivity index (χ0) is 31.2. The Morgan fingerprint density at radius 2 is 0.848 bits per heavy atom. The van der Waals surface area contributed by atoms with Gasteiger partial charge in [0.1, 0.15) is 11.2 Å². The molecular weight excluding hydrogens is 577 g/mol. The first-order valence-electron chi connectivity index (χ1n) is 15.3. The molecule has 0 saturated heterocycles. The van der Waals surface area contributed by atoms with Crippen molar-refractivity contribution in [2.75, 3.05) is 0 Å². The molecule has 4 heteroatoms. The maximum atomic E-state index is 14.5. The summed E-state index contributed by atoms with van der Waals surface area (Å²) in [5.74, 6) is 0. The molecule has 0 atom stereocenters. The van der Waals surface area contributed by atoms with Crippen molar-refractivity contribution in [3.63, 3.8) is 0 Å². The van der Waals surface area contributed by atoms with E-state index in [0.717, 1.165) is 38.6 Å². The maximum absolute atomic E-state index is 14.5. The van der Waals surface area contributed by atoms with Gasteiger partial charge in [-0.2, -0.15) is 13.2 Å². The fraction of sp³-hybridized carbons (Fsp3) is 0.0476. The summed E-state index contributed by atoms with van der Waals surface area (Å²) in [5.41, 5.74) is 6.02. The highest BCUT2D eigenvalue weighted by atomic mass is 19.4. The van der Waals surface area contributed by atoms with Crippen LogP contribution in [-0.4, -0.2) is 0 Å². The molecule has 220 valence electrons. The summed E-state index contributed by atoms with van der Waals surface area (Å²) in [6.45, 7) is 2.18. The number of rotatable bonds is 2. The normalized spacial score (nSPS) is 12.3. The zero-order valence-electron chi connectivity index (χ0n) is 24.7. The molecule has 46 heavy (non-hydrogen) atoms. The minimum Gasteiger partial charge on any atom is -0.456 e. The van der Waals surface area contributed by atoms with Gasteiger partial charge in [0, 0.05) is 10.8 Å². The Balaban J connectivity index is 1.29. The molecule has 0 spiro atoms.